The summed E-state index contributed by atoms with van der Waals surface area (Å²) in [7, 11) is 1.66. The smallest absolute Gasteiger partial charge is 0.0908 e. The Morgan fingerprint density at radius 1 is 1.20 bits per heavy atom. The zero-order valence-electron chi connectivity index (χ0n) is 12.9. The number of aliphatic hydroxyl groups excluding tert-OH is 1. The van der Waals surface area contributed by atoms with Crippen LogP contribution in [0.5, 0.6) is 0 Å². The minimum atomic E-state index is -0.586. The fraction of sp³-hybridized carbons (Fsp3) is 0.625. The molecule has 0 saturated carbocycles. The second-order valence-corrected chi connectivity index (χ2v) is 5.48. The Balaban J connectivity index is 2.88. The lowest BCUT2D eigenvalue weighted by Gasteiger charge is -2.36. The summed E-state index contributed by atoms with van der Waals surface area (Å²) in [5.41, 5.74) is 0.443. The highest BCUT2D eigenvalue weighted by Gasteiger charge is 2.33. The largest absolute Gasteiger partial charge is 0.394 e. The van der Waals surface area contributed by atoms with Crippen molar-refractivity contribution >= 4 is 0 Å². The first-order chi connectivity index (χ1) is 9.54. The van der Waals surface area contributed by atoms with Gasteiger partial charge in [-0.3, -0.25) is 0 Å². The van der Waals surface area contributed by atoms with E-state index in [9.17, 15) is 5.11 Å². The third kappa shape index (κ3) is 4.87. The van der Waals surface area contributed by atoms with Crippen molar-refractivity contribution in [2.45, 2.75) is 38.5 Å². The van der Waals surface area contributed by atoms with E-state index >= 15 is 0 Å². The highest BCUT2D eigenvalue weighted by molar-refractivity contribution is 5.25. The summed E-state index contributed by atoms with van der Waals surface area (Å²) in [5.74, 6) is 0. The predicted octanol–water partition coefficient (Wildman–Crippen LogP) is 1.92. The molecule has 2 atom stereocenters. The molecule has 20 heavy (non-hydrogen) atoms. The number of aliphatic hydroxyl groups is 1. The Morgan fingerprint density at radius 2 is 1.85 bits per heavy atom. The summed E-state index contributed by atoms with van der Waals surface area (Å²) in [6, 6.07) is 10.2. The van der Waals surface area contributed by atoms with Gasteiger partial charge in [-0.15, -0.1) is 0 Å². The molecular formula is C16H27NO3. The van der Waals surface area contributed by atoms with Gasteiger partial charge in [-0.05, 0) is 26.3 Å². The maximum atomic E-state index is 9.95. The molecule has 0 aromatic heterocycles. The summed E-state index contributed by atoms with van der Waals surface area (Å²) in [5, 5.41) is 13.4. The molecule has 0 radical (unpaired) electrons. The van der Waals surface area contributed by atoms with Gasteiger partial charge in [-0.2, -0.15) is 0 Å². The van der Waals surface area contributed by atoms with Crippen molar-refractivity contribution in [1.82, 2.24) is 5.32 Å². The lowest BCUT2D eigenvalue weighted by Crippen LogP contribution is -2.52. The van der Waals surface area contributed by atoms with Crippen molar-refractivity contribution in [3.63, 3.8) is 0 Å². The van der Waals surface area contributed by atoms with Gasteiger partial charge in [0.2, 0.25) is 0 Å². The van der Waals surface area contributed by atoms with Crippen LogP contribution in [-0.4, -0.2) is 44.2 Å². The highest BCUT2D eigenvalue weighted by Crippen LogP contribution is 2.22. The van der Waals surface area contributed by atoms with E-state index in [4.69, 9.17) is 9.47 Å². The van der Waals surface area contributed by atoms with Crippen molar-refractivity contribution in [2.75, 3.05) is 26.9 Å². The van der Waals surface area contributed by atoms with Crippen LogP contribution in [0.15, 0.2) is 30.3 Å². The van der Waals surface area contributed by atoms with Crippen LogP contribution in [0.1, 0.15) is 26.3 Å². The van der Waals surface area contributed by atoms with Crippen LogP contribution < -0.4 is 5.32 Å². The van der Waals surface area contributed by atoms with Crippen molar-refractivity contribution < 1.29 is 14.6 Å². The monoisotopic (exact) mass is 281 g/mol. The van der Waals surface area contributed by atoms with E-state index in [-0.39, 0.29) is 18.8 Å². The van der Waals surface area contributed by atoms with E-state index in [1.165, 1.54) is 0 Å². The van der Waals surface area contributed by atoms with Crippen LogP contribution in [0.25, 0.3) is 0 Å². The molecular weight excluding hydrogens is 254 g/mol. The maximum absolute atomic E-state index is 9.95. The molecule has 2 unspecified atom stereocenters. The number of nitrogens with one attached hydrogen (secondary N) is 1. The minimum Gasteiger partial charge on any atom is -0.394 e. The second-order valence-electron chi connectivity index (χ2n) is 5.48. The predicted molar refractivity (Wildman–Crippen MR) is 80.8 cm³/mol. The SMILES string of the molecule is COCC(C)OCC(CO)(NC(C)C)c1ccccc1. The molecule has 0 aliphatic carbocycles. The first-order valence-corrected chi connectivity index (χ1v) is 7.08. The van der Waals surface area contributed by atoms with E-state index in [0.717, 1.165) is 5.56 Å². The molecule has 0 amide bonds. The van der Waals surface area contributed by atoms with Crippen molar-refractivity contribution in [3.05, 3.63) is 35.9 Å². The molecule has 0 aliphatic heterocycles. The van der Waals surface area contributed by atoms with Crippen LogP contribution in [0.3, 0.4) is 0 Å². The zero-order valence-corrected chi connectivity index (χ0v) is 12.9. The van der Waals surface area contributed by atoms with Gasteiger partial charge in [-0.25, -0.2) is 0 Å². The number of rotatable bonds is 9. The molecule has 0 heterocycles. The lowest BCUT2D eigenvalue weighted by atomic mass is 9.90. The molecule has 4 heteroatoms. The van der Waals surface area contributed by atoms with Gasteiger partial charge in [0.1, 0.15) is 0 Å². The van der Waals surface area contributed by atoms with Crippen LogP contribution >= 0.6 is 0 Å². The third-order valence-corrected chi connectivity index (χ3v) is 3.18. The number of benzene rings is 1. The van der Waals surface area contributed by atoms with Gasteiger partial charge in [0.05, 0.1) is 31.5 Å². The molecule has 0 saturated heterocycles. The average molecular weight is 281 g/mol. The maximum Gasteiger partial charge on any atom is 0.0908 e. The topological polar surface area (TPSA) is 50.7 Å². The third-order valence-electron chi connectivity index (χ3n) is 3.18. The second kappa shape index (κ2) is 8.37. The Hall–Kier alpha value is -0.940. The summed E-state index contributed by atoms with van der Waals surface area (Å²) in [6.45, 7) is 7.01. The van der Waals surface area contributed by atoms with E-state index in [2.05, 4.69) is 19.2 Å². The molecule has 4 nitrogen and oxygen atoms in total. The number of methoxy groups -OCH3 is 1. The standard InChI is InChI=1S/C16H27NO3/c1-13(2)17-16(11-18,12-20-14(3)10-19-4)15-8-6-5-7-9-15/h5-9,13-14,17-18H,10-12H2,1-4H3. The zero-order chi connectivity index (χ0) is 15.0. The number of hydrogen-bond donors (Lipinski definition) is 2. The molecule has 0 aliphatic rings. The summed E-state index contributed by atoms with van der Waals surface area (Å²) < 4.78 is 10.9. The first kappa shape index (κ1) is 17.1. The quantitative estimate of drug-likeness (QED) is 0.726. The van der Waals surface area contributed by atoms with Crippen LogP contribution in [0, 0.1) is 0 Å². The van der Waals surface area contributed by atoms with Crippen molar-refractivity contribution in [1.29, 1.82) is 0 Å². The fourth-order valence-corrected chi connectivity index (χ4v) is 2.27. The molecule has 0 spiro atoms. The van der Waals surface area contributed by atoms with Crippen LogP contribution in [0.2, 0.25) is 0 Å². The van der Waals surface area contributed by atoms with E-state index in [0.29, 0.717) is 13.2 Å². The summed E-state index contributed by atoms with van der Waals surface area (Å²) in [6.07, 6.45) is -0.0106. The van der Waals surface area contributed by atoms with Gasteiger partial charge in [0, 0.05) is 13.2 Å². The molecule has 2 N–H and O–H groups in total. The Kier molecular flexibility index (Phi) is 7.16. The van der Waals surface area contributed by atoms with Crippen molar-refractivity contribution in [3.8, 4) is 0 Å². The minimum absolute atomic E-state index is 0.0106. The molecule has 1 rings (SSSR count). The summed E-state index contributed by atoms with van der Waals surface area (Å²) in [4.78, 5) is 0. The molecule has 1 aromatic carbocycles. The van der Waals surface area contributed by atoms with Gasteiger partial charge >= 0.3 is 0 Å². The van der Waals surface area contributed by atoms with Crippen LogP contribution in [0.4, 0.5) is 0 Å². The van der Waals surface area contributed by atoms with Crippen molar-refractivity contribution in [2.24, 2.45) is 0 Å². The molecule has 0 bridgehead atoms. The Morgan fingerprint density at radius 3 is 2.35 bits per heavy atom. The van der Waals surface area contributed by atoms with E-state index in [1.807, 2.05) is 37.3 Å². The van der Waals surface area contributed by atoms with E-state index in [1.54, 1.807) is 7.11 Å². The first-order valence-electron chi connectivity index (χ1n) is 7.08. The number of hydrogen-bond acceptors (Lipinski definition) is 4. The van der Waals surface area contributed by atoms with Gasteiger partial charge in [0.15, 0.2) is 0 Å². The lowest BCUT2D eigenvalue weighted by molar-refractivity contribution is -0.0361. The normalized spacial score (nSPS) is 16.1. The highest BCUT2D eigenvalue weighted by atomic mass is 16.5. The van der Waals surface area contributed by atoms with Gasteiger partial charge in [-0.1, -0.05) is 30.3 Å². The Bertz CT molecular complexity index is 369. The van der Waals surface area contributed by atoms with Gasteiger partial charge in [0.25, 0.3) is 0 Å². The Labute approximate surface area is 122 Å². The molecule has 114 valence electrons. The van der Waals surface area contributed by atoms with Crippen LogP contribution in [-0.2, 0) is 15.0 Å². The number of ether oxygens (including phenoxy) is 2. The van der Waals surface area contributed by atoms with Gasteiger partial charge < -0.3 is 19.9 Å². The van der Waals surface area contributed by atoms with E-state index < -0.39 is 5.54 Å². The fourth-order valence-electron chi connectivity index (χ4n) is 2.27. The average Bonchev–Trinajstić information content (AvgIpc) is 2.44. The molecule has 0 fully saturated rings. The molecule has 1 aromatic rings. The summed E-state index contributed by atoms with van der Waals surface area (Å²) >= 11 is 0.